The summed E-state index contributed by atoms with van der Waals surface area (Å²) in [5, 5.41) is 9.35. The quantitative estimate of drug-likeness (QED) is 0.796. The maximum atomic E-state index is 12.2. The first-order valence-corrected chi connectivity index (χ1v) is 8.16. The first-order valence-electron chi connectivity index (χ1n) is 5.92. The van der Waals surface area contributed by atoms with Gasteiger partial charge in [0, 0.05) is 30.3 Å². The molecule has 114 valence electrons. The number of nitrogens with one attached hydrogen (secondary N) is 1. The SMILES string of the molecule is COCCC(C)NS(=O)(=O)c1ccc(Cl)c(CO)c1Cl. The zero-order valence-corrected chi connectivity index (χ0v) is 13.5. The number of benzene rings is 1. The number of halogens is 2. The molecular weight excluding hydrogens is 325 g/mol. The van der Waals surface area contributed by atoms with Crippen LogP contribution in [0.3, 0.4) is 0 Å². The summed E-state index contributed by atoms with van der Waals surface area (Å²) < 4.78 is 31.9. The molecule has 1 rings (SSSR count). The van der Waals surface area contributed by atoms with Crippen LogP contribution in [0, 0.1) is 0 Å². The second-order valence-electron chi connectivity index (χ2n) is 4.30. The molecule has 0 aliphatic rings. The Morgan fingerprint density at radius 3 is 2.60 bits per heavy atom. The van der Waals surface area contributed by atoms with Gasteiger partial charge in [0.25, 0.3) is 0 Å². The van der Waals surface area contributed by atoms with E-state index >= 15 is 0 Å². The van der Waals surface area contributed by atoms with Gasteiger partial charge in [-0.25, -0.2) is 13.1 Å². The lowest BCUT2D eigenvalue weighted by Crippen LogP contribution is -2.33. The van der Waals surface area contributed by atoms with Crippen molar-refractivity contribution in [2.24, 2.45) is 0 Å². The molecule has 0 bridgehead atoms. The molecule has 20 heavy (non-hydrogen) atoms. The summed E-state index contributed by atoms with van der Waals surface area (Å²) in [5.74, 6) is 0. The third-order valence-electron chi connectivity index (χ3n) is 2.71. The van der Waals surface area contributed by atoms with E-state index in [1.54, 1.807) is 14.0 Å². The lowest BCUT2D eigenvalue weighted by molar-refractivity contribution is 0.188. The average Bonchev–Trinajstić information content (AvgIpc) is 2.36. The molecule has 0 radical (unpaired) electrons. The van der Waals surface area contributed by atoms with Crippen LogP contribution in [-0.2, 0) is 21.4 Å². The fraction of sp³-hybridized carbons (Fsp3) is 0.500. The molecule has 1 aromatic carbocycles. The highest BCUT2D eigenvalue weighted by Crippen LogP contribution is 2.31. The van der Waals surface area contributed by atoms with Crippen LogP contribution in [0.5, 0.6) is 0 Å². The standard InChI is InChI=1S/C12H17Cl2NO4S/c1-8(5-6-19-2)15-20(17,18)11-4-3-10(13)9(7-16)12(11)14/h3-4,8,15-16H,5-7H2,1-2H3. The molecule has 0 aromatic heterocycles. The fourth-order valence-electron chi connectivity index (χ4n) is 1.61. The zero-order valence-electron chi connectivity index (χ0n) is 11.2. The Morgan fingerprint density at radius 1 is 1.40 bits per heavy atom. The first-order chi connectivity index (χ1) is 9.33. The maximum Gasteiger partial charge on any atom is 0.242 e. The van der Waals surface area contributed by atoms with Gasteiger partial charge >= 0.3 is 0 Å². The third kappa shape index (κ3) is 4.31. The van der Waals surface area contributed by atoms with E-state index in [4.69, 9.17) is 27.9 Å². The molecular formula is C12H17Cl2NO4S. The summed E-state index contributed by atoms with van der Waals surface area (Å²) in [6.07, 6.45) is 0.536. The highest BCUT2D eigenvalue weighted by molar-refractivity contribution is 7.89. The highest BCUT2D eigenvalue weighted by atomic mass is 35.5. The number of aliphatic hydroxyl groups is 1. The minimum atomic E-state index is -3.78. The Kier molecular flexibility index (Phi) is 6.71. The van der Waals surface area contributed by atoms with E-state index in [2.05, 4.69) is 4.72 Å². The van der Waals surface area contributed by atoms with E-state index in [9.17, 15) is 13.5 Å². The molecule has 0 aliphatic heterocycles. The Morgan fingerprint density at radius 2 is 2.05 bits per heavy atom. The second-order valence-corrected chi connectivity index (χ2v) is 6.77. The molecule has 0 aliphatic carbocycles. The largest absolute Gasteiger partial charge is 0.392 e. The highest BCUT2D eigenvalue weighted by Gasteiger charge is 2.23. The Labute approximate surface area is 128 Å². The van der Waals surface area contributed by atoms with Crippen molar-refractivity contribution in [1.29, 1.82) is 0 Å². The van der Waals surface area contributed by atoms with Gasteiger partial charge in [0.15, 0.2) is 0 Å². The lowest BCUT2D eigenvalue weighted by Gasteiger charge is -2.16. The molecule has 0 saturated carbocycles. The predicted octanol–water partition coefficient (Wildman–Crippen LogP) is 2.19. The zero-order chi connectivity index (χ0) is 15.3. The number of aliphatic hydroxyl groups excluding tert-OH is 1. The number of sulfonamides is 1. The van der Waals surface area contributed by atoms with Crippen LogP contribution in [0.15, 0.2) is 17.0 Å². The van der Waals surface area contributed by atoms with Crippen LogP contribution in [0.4, 0.5) is 0 Å². The van der Waals surface area contributed by atoms with Crippen molar-refractivity contribution in [3.05, 3.63) is 27.7 Å². The van der Waals surface area contributed by atoms with Gasteiger partial charge in [-0.1, -0.05) is 23.2 Å². The molecule has 2 N–H and O–H groups in total. The van der Waals surface area contributed by atoms with Crippen molar-refractivity contribution < 1.29 is 18.3 Å². The van der Waals surface area contributed by atoms with Crippen LogP contribution >= 0.6 is 23.2 Å². The summed E-state index contributed by atoms with van der Waals surface area (Å²) >= 11 is 11.8. The topological polar surface area (TPSA) is 75.6 Å². The summed E-state index contributed by atoms with van der Waals surface area (Å²) in [4.78, 5) is -0.100. The van der Waals surface area contributed by atoms with Crippen LogP contribution in [0.25, 0.3) is 0 Å². The van der Waals surface area contributed by atoms with Crippen molar-refractivity contribution >= 4 is 33.2 Å². The van der Waals surface area contributed by atoms with Crippen molar-refractivity contribution in [2.45, 2.75) is 30.9 Å². The molecule has 1 aromatic rings. The maximum absolute atomic E-state index is 12.2. The summed E-state index contributed by atoms with van der Waals surface area (Å²) in [6, 6.07) is 2.41. The third-order valence-corrected chi connectivity index (χ3v) is 5.24. The van der Waals surface area contributed by atoms with Crippen molar-refractivity contribution in [3.8, 4) is 0 Å². The van der Waals surface area contributed by atoms with Gasteiger partial charge in [0.1, 0.15) is 4.90 Å². The van der Waals surface area contributed by atoms with Crippen LogP contribution in [0.2, 0.25) is 10.0 Å². The van der Waals surface area contributed by atoms with Crippen LogP contribution < -0.4 is 4.72 Å². The smallest absolute Gasteiger partial charge is 0.242 e. The molecule has 0 spiro atoms. The van der Waals surface area contributed by atoms with Gasteiger partial charge in [0.05, 0.1) is 11.6 Å². The van der Waals surface area contributed by atoms with Gasteiger partial charge < -0.3 is 9.84 Å². The first kappa shape index (κ1) is 17.7. The number of rotatable bonds is 7. The summed E-state index contributed by atoms with van der Waals surface area (Å²) in [5.41, 5.74) is 0.195. The van der Waals surface area contributed by atoms with Gasteiger partial charge in [-0.05, 0) is 25.5 Å². The molecule has 0 amide bonds. The molecule has 5 nitrogen and oxygen atoms in total. The minimum absolute atomic E-state index is 0.0635. The van der Waals surface area contributed by atoms with E-state index in [1.807, 2.05) is 0 Å². The van der Waals surface area contributed by atoms with E-state index in [0.29, 0.717) is 13.0 Å². The van der Waals surface area contributed by atoms with Crippen molar-refractivity contribution in [2.75, 3.05) is 13.7 Å². The van der Waals surface area contributed by atoms with Crippen molar-refractivity contribution in [3.63, 3.8) is 0 Å². The Bertz CT molecular complexity index is 563. The second kappa shape index (κ2) is 7.59. The van der Waals surface area contributed by atoms with E-state index in [1.165, 1.54) is 12.1 Å². The number of methoxy groups -OCH3 is 1. The number of hydrogen-bond acceptors (Lipinski definition) is 4. The molecule has 0 heterocycles. The number of ether oxygens (including phenoxy) is 1. The Balaban J connectivity index is 3.04. The monoisotopic (exact) mass is 341 g/mol. The molecule has 0 saturated heterocycles. The molecule has 0 fully saturated rings. The van der Waals surface area contributed by atoms with Crippen LogP contribution in [0.1, 0.15) is 18.9 Å². The van der Waals surface area contributed by atoms with Crippen molar-refractivity contribution in [1.82, 2.24) is 4.72 Å². The average molecular weight is 342 g/mol. The predicted molar refractivity (Wildman–Crippen MR) is 78.7 cm³/mol. The van der Waals surface area contributed by atoms with Gasteiger partial charge in [-0.15, -0.1) is 0 Å². The normalized spacial score (nSPS) is 13.4. The van der Waals surface area contributed by atoms with Gasteiger partial charge in [-0.2, -0.15) is 0 Å². The lowest BCUT2D eigenvalue weighted by atomic mass is 10.2. The Hall–Kier alpha value is -0.370. The minimum Gasteiger partial charge on any atom is -0.392 e. The van der Waals surface area contributed by atoms with Gasteiger partial charge in [-0.3, -0.25) is 0 Å². The van der Waals surface area contributed by atoms with E-state index in [-0.39, 0.29) is 26.5 Å². The molecule has 1 atom stereocenters. The number of hydrogen-bond donors (Lipinski definition) is 2. The van der Waals surface area contributed by atoms with Gasteiger partial charge in [0.2, 0.25) is 10.0 Å². The fourth-order valence-corrected chi connectivity index (χ4v) is 3.79. The summed E-state index contributed by atoms with van der Waals surface area (Å²) in [7, 11) is -2.23. The molecule has 1 unspecified atom stereocenters. The summed E-state index contributed by atoms with van der Waals surface area (Å²) in [6.45, 7) is 1.74. The molecule has 8 heteroatoms. The van der Waals surface area contributed by atoms with Crippen LogP contribution in [-0.4, -0.2) is 33.3 Å². The van der Waals surface area contributed by atoms with E-state index < -0.39 is 16.6 Å². The van der Waals surface area contributed by atoms with E-state index in [0.717, 1.165) is 0 Å².